The maximum Gasteiger partial charge on any atom is 0.306 e. The highest BCUT2D eigenvalue weighted by molar-refractivity contribution is 5.82. The molecule has 1 spiro atoms. The molecule has 0 unspecified atom stereocenters. The normalized spacial score (nSPS) is 36.0. The first-order valence-corrected chi connectivity index (χ1v) is 5.82. The first-order valence-electron chi connectivity index (χ1n) is 5.82. The third-order valence-corrected chi connectivity index (χ3v) is 3.60. The van der Waals surface area contributed by atoms with E-state index in [0.29, 0.717) is 25.7 Å². The van der Waals surface area contributed by atoms with Crippen molar-refractivity contribution in [3.05, 3.63) is 0 Å². The van der Waals surface area contributed by atoms with E-state index >= 15 is 0 Å². The Kier molecular flexibility index (Phi) is 2.93. The summed E-state index contributed by atoms with van der Waals surface area (Å²) in [5, 5.41) is 0. The Morgan fingerprint density at radius 3 is 2.59 bits per heavy atom. The van der Waals surface area contributed by atoms with Crippen LogP contribution in [0.5, 0.6) is 0 Å². The van der Waals surface area contributed by atoms with Gasteiger partial charge in [-0.15, -0.1) is 0 Å². The quantitative estimate of drug-likeness (QED) is 0.673. The smallest absolute Gasteiger partial charge is 0.306 e. The molecule has 1 saturated carbocycles. The summed E-state index contributed by atoms with van der Waals surface area (Å²) in [5.41, 5.74) is -0.719. The molecule has 2 fully saturated rings. The van der Waals surface area contributed by atoms with E-state index in [1.165, 1.54) is 13.8 Å². The molecule has 0 N–H and O–H groups in total. The molecular weight excluding hydrogens is 224 g/mol. The molecule has 1 aliphatic heterocycles. The van der Waals surface area contributed by atoms with Crippen molar-refractivity contribution < 1.29 is 23.9 Å². The Labute approximate surface area is 99.5 Å². The van der Waals surface area contributed by atoms with Crippen LogP contribution in [0.15, 0.2) is 0 Å². The van der Waals surface area contributed by atoms with Crippen LogP contribution in [0.4, 0.5) is 0 Å². The first kappa shape index (κ1) is 12.1. The van der Waals surface area contributed by atoms with E-state index in [0.717, 1.165) is 0 Å². The van der Waals surface area contributed by atoms with Crippen LogP contribution in [0.25, 0.3) is 0 Å². The van der Waals surface area contributed by atoms with Crippen molar-refractivity contribution in [1.82, 2.24) is 0 Å². The van der Waals surface area contributed by atoms with Crippen LogP contribution in [-0.4, -0.2) is 29.4 Å². The number of Topliss-reactive ketones (excluding diaryl/α,β-unsaturated/α-hetero) is 1. The maximum absolute atomic E-state index is 11.6. The summed E-state index contributed by atoms with van der Waals surface area (Å²) in [6.07, 6.45) is 1.49. The second-order valence-corrected chi connectivity index (χ2v) is 4.87. The average Bonchev–Trinajstić information content (AvgIpc) is 2.71. The number of carbonyl (C=O) groups excluding carboxylic acids is 3. The number of esters is 2. The molecule has 0 amide bonds. The van der Waals surface area contributed by atoms with Gasteiger partial charge >= 0.3 is 11.9 Å². The highest BCUT2D eigenvalue weighted by Crippen LogP contribution is 2.47. The third-order valence-electron chi connectivity index (χ3n) is 3.60. The minimum absolute atomic E-state index is 0.00523. The molecule has 0 aromatic heterocycles. The molecule has 1 heterocycles. The monoisotopic (exact) mass is 240 g/mol. The minimum Gasteiger partial charge on any atom is -0.462 e. The Hall–Kier alpha value is -1.39. The van der Waals surface area contributed by atoms with E-state index in [4.69, 9.17) is 9.47 Å². The zero-order valence-corrected chi connectivity index (χ0v) is 10.0. The van der Waals surface area contributed by atoms with Crippen LogP contribution >= 0.6 is 0 Å². The number of carbonyl (C=O) groups is 3. The lowest BCUT2D eigenvalue weighted by atomic mass is 9.85. The lowest BCUT2D eigenvalue weighted by Crippen LogP contribution is -2.37. The summed E-state index contributed by atoms with van der Waals surface area (Å²) in [4.78, 5) is 33.8. The van der Waals surface area contributed by atoms with Gasteiger partial charge in [0.15, 0.2) is 0 Å². The van der Waals surface area contributed by atoms with Gasteiger partial charge in [0.05, 0.1) is 5.92 Å². The van der Waals surface area contributed by atoms with E-state index < -0.39 is 5.60 Å². The summed E-state index contributed by atoms with van der Waals surface area (Å²) < 4.78 is 10.5. The number of ether oxygens (including phenoxy) is 2. The van der Waals surface area contributed by atoms with Crippen molar-refractivity contribution in [2.75, 3.05) is 0 Å². The second-order valence-electron chi connectivity index (χ2n) is 4.87. The van der Waals surface area contributed by atoms with Crippen molar-refractivity contribution in [1.29, 1.82) is 0 Å². The summed E-state index contributed by atoms with van der Waals surface area (Å²) in [6, 6.07) is 0. The van der Waals surface area contributed by atoms with Crippen LogP contribution in [0.1, 0.15) is 39.5 Å². The minimum atomic E-state index is -0.719. The van der Waals surface area contributed by atoms with Gasteiger partial charge in [-0.2, -0.15) is 0 Å². The number of rotatable bonds is 2. The summed E-state index contributed by atoms with van der Waals surface area (Å²) >= 11 is 0. The van der Waals surface area contributed by atoms with Gasteiger partial charge in [-0.1, -0.05) is 0 Å². The molecular formula is C12H16O5. The molecule has 0 radical (unpaired) electrons. The maximum atomic E-state index is 11.6. The lowest BCUT2D eigenvalue weighted by Gasteiger charge is -2.27. The topological polar surface area (TPSA) is 69.7 Å². The Morgan fingerprint density at radius 1 is 1.41 bits per heavy atom. The molecule has 5 nitrogen and oxygen atoms in total. The Balaban J connectivity index is 2.16. The number of hydrogen-bond acceptors (Lipinski definition) is 5. The molecule has 0 bridgehead atoms. The van der Waals surface area contributed by atoms with Gasteiger partial charge in [-0.3, -0.25) is 14.4 Å². The van der Waals surface area contributed by atoms with Gasteiger partial charge in [0.25, 0.3) is 0 Å². The van der Waals surface area contributed by atoms with Gasteiger partial charge in [0.2, 0.25) is 0 Å². The van der Waals surface area contributed by atoms with Crippen molar-refractivity contribution in [3.8, 4) is 0 Å². The van der Waals surface area contributed by atoms with Crippen molar-refractivity contribution in [2.24, 2.45) is 5.92 Å². The summed E-state index contributed by atoms with van der Waals surface area (Å²) in [5.74, 6) is -0.967. The first-order chi connectivity index (χ1) is 7.93. The molecule has 0 aromatic carbocycles. The fraction of sp³-hybridized carbons (Fsp3) is 0.750. The van der Waals surface area contributed by atoms with Gasteiger partial charge < -0.3 is 9.47 Å². The molecule has 94 valence electrons. The zero-order valence-electron chi connectivity index (χ0n) is 10.0. The fourth-order valence-electron chi connectivity index (χ4n) is 2.98. The molecule has 5 heteroatoms. The lowest BCUT2D eigenvalue weighted by molar-refractivity contribution is -0.153. The molecule has 1 saturated heterocycles. The van der Waals surface area contributed by atoms with Crippen LogP contribution in [-0.2, 0) is 23.9 Å². The average molecular weight is 240 g/mol. The predicted molar refractivity (Wildman–Crippen MR) is 57.0 cm³/mol. The molecule has 3 atom stereocenters. The Morgan fingerprint density at radius 2 is 2.12 bits per heavy atom. The van der Waals surface area contributed by atoms with Gasteiger partial charge in [0, 0.05) is 19.8 Å². The van der Waals surface area contributed by atoms with E-state index in [1.807, 2.05) is 0 Å². The molecule has 2 rings (SSSR count). The van der Waals surface area contributed by atoms with Gasteiger partial charge in [0.1, 0.15) is 17.5 Å². The van der Waals surface area contributed by atoms with Crippen molar-refractivity contribution in [3.63, 3.8) is 0 Å². The standard InChI is InChI=1S/C12H16O5/c1-7(13)10-5-9(16-8(2)14)6-12(10)4-3-11(15)17-12/h9-10H,3-6H2,1-2H3/t9-,10+,12+/m0/s1. The van der Waals surface area contributed by atoms with Gasteiger partial charge in [-0.25, -0.2) is 0 Å². The van der Waals surface area contributed by atoms with E-state index in [1.54, 1.807) is 0 Å². The number of ketones is 1. The molecule has 0 aromatic rings. The molecule has 1 aliphatic carbocycles. The van der Waals surface area contributed by atoms with Crippen molar-refractivity contribution >= 4 is 17.7 Å². The Bertz CT molecular complexity index is 375. The van der Waals surface area contributed by atoms with E-state index in [-0.39, 0.29) is 29.7 Å². The summed E-state index contributed by atoms with van der Waals surface area (Å²) in [7, 11) is 0. The SMILES string of the molecule is CC(=O)O[C@H]1C[C@H](C(C)=O)[C@@]2(CCC(=O)O2)C1. The molecule has 17 heavy (non-hydrogen) atoms. The van der Waals surface area contributed by atoms with Crippen LogP contribution in [0, 0.1) is 5.92 Å². The van der Waals surface area contributed by atoms with Gasteiger partial charge in [-0.05, 0) is 19.8 Å². The number of hydrogen-bond donors (Lipinski definition) is 0. The zero-order chi connectivity index (χ0) is 12.6. The summed E-state index contributed by atoms with van der Waals surface area (Å²) in [6.45, 7) is 2.84. The largest absolute Gasteiger partial charge is 0.462 e. The van der Waals surface area contributed by atoms with Crippen LogP contribution in [0.3, 0.4) is 0 Å². The van der Waals surface area contributed by atoms with E-state index in [2.05, 4.69) is 0 Å². The van der Waals surface area contributed by atoms with E-state index in [9.17, 15) is 14.4 Å². The second kappa shape index (κ2) is 4.13. The molecule has 2 aliphatic rings. The van der Waals surface area contributed by atoms with Crippen LogP contribution < -0.4 is 0 Å². The predicted octanol–water partition coefficient (Wildman–Crippen LogP) is 0.993. The van der Waals surface area contributed by atoms with Crippen LogP contribution in [0.2, 0.25) is 0 Å². The van der Waals surface area contributed by atoms with Crippen molar-refractivity contribution in [2.45, 2.75) is 51.2 Å². The third kappa shape index (κ3) is 2.18. The highest BCUT2D eigenvalue weighted by atomic mass is 16.6. The fourth-order valence-corrected chi connectivity index (χ4v) is 2.98. The highest BCUT2D eigenvalue weighted by Gasteiger charge is 2.56.